The van der Waals surface area contributed by atoms with Gasteiger partial charge in [-0.25, -0.2) is 4.79 Å². The highest BCUT2D eigenvalue weighted by Gasteiger charge is 2.36. The molecule has 1 atom stereocenters. The van der Waals surface area contributed by atoms with E-state index < -0.39 is 11.5 Å². The van der Waals surface area contributed by atoms with Crippen molar-refractivity contribution >= 4 is 12.4 Å². The van der Waals surface area contributed by atoms with Gasteiger partial charge >= 0.3 is 5.97 Å². The van der Waals surface area contributed by atoms with Gasteiger partial charge in [-0.1, -0.05) is 12.1 Å². The van der Waals surface area contributed by atoms with E-state index in [1.807, 2.05) is 0 Å². The number of likely N-dealkylation sites (N-methyl/N-ethyl adjacent to an activating group) is 1. The van der Waals surface area contributed by atoms with E-state index in [9.17, 15) is 14.7 Å². The monoisotopic (exact) mass is 251 g/mol. The number of amides is 1. The Bertz CT molecular complexity index is 429. The van der Waals surface area contributed by atoms with Crippen LogP contribution in [0.15, 0.2) is 24.3 Å². The fraction of sp³-hybridized carbons (Fsp3) is 0.385. The SMILES string of the molecule is CN(C=O)C(C)(CCc1ccc(O)cc1)C(=O)O. The number of hydrogen-bond donors (Lipinski definition) is 2. The summed E-state index contributed by atoms with van der Waals surface area (Å²) in [5, 5.41) is 18.4. The lowest BCUT2D eigenvalue weighted by molar-refractivity contribution is -0.153. The van der Waals surface area contributed by atoms with Gasteiger partial charge in [0.2, 0.25) is 6.41 Å². The van der Waals surface area contributed by atoms with Crippen LogP contribution in [0.5, 0.6) is 5.75 Å². The molecule has 0 radical (unpaired) electrons. The Morgan fingerprint density at radius 1 is 1.39 bits per heavy atom. The lowest BCUT2D eigenvalue weighted by atomic mass is 9.92. The minimum Gasteiger partial charge on any atom is -0.508 e. The van der Waals surface area contributed by atoms with E-state index >= 15 is 0 Å². The molecule has 5 heteroatoms. The largest absolute Gasteiger partial charge is 0.508 e. The number of carboxylic acids is 1. The molecular formula is C13H17NO4. The molecule has 2 N–H and O–H groups in total. The van der Waals surface area contributed by atoms with Crippen LogP contribution in [-0.2, 0) is 16.0 Å². The molecule has 0 aliphatic rings. The maximum Gasteiger partial charge on any atom is 0.329 e. The molecule has 1 amide bonds. The predicted octanol–water partition coefficient (Wildman–Crippen LogP) is 1.26. The van der Waals surface area contributed by atoms with Crippen LogP contribution in [0.1, 0.15) is 18.9 Å². The first-order valence-corrected chi connectivity index (χ1v) is 5.59. The van der Waals surface area contributed by atoms with E-state index in [0.717, 1.165) is 10.5 Å². The zero-order chi connectivity index (χ0) is 13.8. The Hall–Kier alpha value is -2.04. The smallest absolute Gasteiger partial charge is 0.329 e. The second-order valence-corrected chi connectivity index (χ2v) is 4.46. The first-order chi connectivity index (χ1) is 8.40. The topological polar surface area (TPSA) is 77.8 Å². The van der Waals surface area contributed by atoms with Crippen LogP contribution in [0, 0.1) is 0 Å². The second kappa shape index (κ2) is 5.53. The molecule has 1 unspecified atom stereocenters. The first-order valence-electron chi connectivity index (χ1n) is 5.59. The van der Waals surface area contributed by atoms with Gasteiger partial charge in [-0.2, -0.15) is 0 Å². The van der Waals surface area contributed by atoms with Crippen molar-refractivity contribution in [3.05, 3.63) is 29.8 Å². The summed E-state index contributed by atoms with van der Waals surface area (Å²) in [5.74, 6) is -0.861. The number of carbonyl (C=O) groups is 2. The number of rotatable bonds is 6. The van der Waals surface area contributed by atoms with Gasteiger partial charge in [0.05, 0.1) is 0 Å². The normalized spacial score (nSPS) is 13.7. The third-order valence-corrected chi connectivity index (χ3v) is 3.23. The van der Waals surface area contributed by atoms with Crippen LogP contribution >= 0.6 is 0 Å². The number of aromatic hydroxyl groups is 1. The molecule has 0 saturated heterocycles. The van der Waals surface area contributed by atoms with Gasteiger partial charge in [0.1, 0.15) is 11.3 Å². The quantitative estimate of drug-likeness (QED) is 0.746. The molecule has 98 valence electrons. The van der Waals surface area contributed by atoms with E-state index in [1.54, 1.807) is 24.3 Å². The molecule has 0 fully saturated rings. The van der Waals surface area contributed by atoms with Crippen molar-refractivity contribution in [1.82, 2.24) is 4.90 Å². The lowest BCUT2D eigenvalue weighted by Crippen LogP contribution is -2.50. The first kappa shape index (κ1) is 14.0. The van der Waals surface area contributed by atoms with Crippen molar-refractivity contribution in [2.45, 2.75) is 25.3 Å². The van der Waals surface area contributed by atoms with Crippen LogP contribution in [-0.4, -0.2) is 40.1 Å². The summed E-state index contributed by atoms with van der Waals surface area (Å²) in [6.45, 7) is 1.52. The number of carboxylic acid groups (broad SMARTS) is 1. The van der Waals surface area contributed by atoms with E-state index in [1.165, 1.54) is 14.0 Å². The molecule has 5 nitrogen and oxygen atoms in total. The molecule has 18 heavy (non-hydrogen) atoms. The highest BCUT2D eigenvalue weighted by Crippen LogP contribution is 2.21. The van der Waals surface area contributed by atoms with Gasteiger partial charge in [0, 0.05) is 7.05 Å². The molecule has 0 bridgehead atoms. The number of phenolic OH excluding ortho intramolecular Hbond substituents is 1. The summed E-state index contributed by atoms with van der Waals surface area (Å²) in [5.41, 5.74) is -0.306. The molecular weight excluding hydrogens is 234 g/mol. The number of carbonyl (C=O) groups excluding carboxylic acids is 1. The van der Waals surface area contributed by atoms with Gasteiger partial charge in [0.25, 0.3) is 0 Å². The Labute approximate surface area is 106 Å². The fourth-order valence-corrected chi connectivity index (χ4v) is 1.60. The third kappa shape index (κ3) is 3.00. The van der Waals surface area contributed by atoms with Crippen LogP contribution < -0.4 is 0 Å². The number of phenols is 1. The molecule has 0 saturated carbocycles. The van der Waals surface area contributed by atoms with Crippen LogP contribution in [0.4, 0.5) is 0 Å². The average molecular weight is 251 g/mol. The van der Waals surface area contributed by atoms with Crippen molar-refractivity contribution in [3.63, 3.8) is 0 Å². The molecule has 0 spiro atoms. The standard InChI is InChI=1S/C13H17NO4/c1-13(12(17)18,14(2)9-15)8-7-10-3-5-11(16)6-4-10/h3-6,9,16H,7-8H2,1-2H3,(H,17,18). The molecule has 1 aromatic rings. The van der Waals surface area contributed by atoms with Gasteiger partial charge < -0.3 is 15.1 Å². The molecule has 0 aliphatic heterocycles. The number of benzene rings is 1. The average Bonchev–Trinajstić information content (AvgIpc) is 2.36. The maximum absolute atomic E-state index is 11.3. The summed E-state index contributed by atoms with van der Waals surface area (Å²) in [6, 6.07) is 6.57. The Balaban J connectivity index is 2.77. The lowest BCUT2D eigenvalue weighted by Gasteiger charge is -2.32. The summed E-state index contributed by atoms with van der Waals surface area (Å²) in [4.78, 5) is 23.2. The zero-order valence-electron chi connectivity index (χ0n) is 10.5. The molecule has 0 heterocycles. The Morgan fingerprint density at radius 2 is 1.94 bits per heavy atom. The molecule has 1 aromatic carbocycles. The minimum atomic E-state index is -1.22. The highest BCUT2D eigenvalue weighted by molar-refractivity contribution is 5.80. The fourth-order valence-electron chi connectivity index (χ4n) is 1.60. The molecule has 0 aromatic heterocycles. The van der Waals surface area contributed by atoms with Crippen molar-refractivity contribution in [2.24, 2.45) is 0 Å². The summed E-state index contributed by atoms with van der Waals surface area (Å²) < 4.78 is 0. The van der Waals surface area contributed by atoms with Crippen LogP contribution in [0.25, 0.3) is 0 Å². The van der Waals surface area contributed by atoms with Gasteiger partial charge in [0.15, 0.2) is 0 Å². The van der Waals surface area contributed by atoms with E-state index in [2.05, 4.69) is 0 Å². The van der Waals surface area contributed by atoms with Gasteiger partial charge in [-0.05, 0) is 37.5 Å². The minimum absolute atomic E-state index is 0.171. The van der Waals surface area contributed by atoms with Gasteiger partial charge in [-0.15, -0.1) is 0 Å². The molecule has 0 aliphatic carbocycles. The van der Waals surface area contributed by atoms with E-state index in [0.29, 0.717) is 19.3 Å². The Kier molecular flexibility index (Phi) is 4.31. The summed E-state index contributed by atoms with van der Waals surface area (Å²) >= 11 is 0. The van der Waals surface area contributed by atoms with Gasteiger partial charge in [-0.3, -0.25) is 4.79 Å². The van der Waals surface area contributed by atoms with E-state index in [-0.39, 0.29) is 5.75 Å². The summed E-state index contributed by atoms with van der Waals surface area (Å²) in [7, 11) is 1.46. The van der Waals surface area contributed by atoms with Crippen LogP contribution in [0.3, 0.4) is 0 Å². The number of aryl methyl sites for hydroxylation is 1. The number of aliphatic carboxylic acids is 1. The highest BCUT2D eigenvalue weighted by atomic mass is 16.4. The number of hydrogen-bond acceptors (Lipinski definition) is 3. The van der Waals surface area contributed by atoms with Crippen molar-refractivity contribution < 1.29 is 19.8 Å². The second-order valence-electron chi connectivity index (χ2n) is 4.46. The van der Waals surface area contributed by atoms with Crippen molar-refractivity contribution in [3.8, 4) is 5.75 Å². The third-order valence-electron chi connectivity index (χ3n) is 3.23. The van der Waals surface area contributed by atoms with Crippen molar-refractivity contribution in [2.75, 3.05) is 7.05 Å². The van der Waals surface area contributed by atoms with Crippen LogP contribution in [0.2, 0.25) is 0 Å². The van der Waals surface area contributed by atoms with E-state index in [4.69, 9.17) is 5.11 Å². The van der Waals surface area contributed by atoms with Crippen molar-refractivity contribution in [1.29, 1.82) is 0 Å². The molecule has 1 rings (SSSR count). The summed E-state index contributed by atoms with van der Waals surface area (Å²) in [6.07, 6.45) is 1.34. The Morgan fingerprint density at radius 3 is 2.39 bits per heavy atom. The maximum atomic E-state index is 11.3. The number of nitrogens with zero attached hydrogens (tertiary/aromatic N) is 1. The predicted molar refractivity (Wildman–Crippen MR) is 66.3 cm³/mol. The zero-order valence-corrected chi connectivity index (χ0v) is 10.5.